The number of hydrogen-bond acceptors (Lipinski definition) is 9. The number of benzene rings is 2. The maximum absolute atomic E-state index is 14.4. The highest BCUT2D eigenvalue weighted by Gasteiger charge is 2.83. The van der Waals surface area contributed by atoms with Crippen molar-refractivity contribution in [2.45, 2.75) is 81.5 Å². The number of hydrogen-bond donors (Lipinski definition) is 1. The van der Waals surface area contributed by atoms with E-state index >= 15 is 0 Å². The number of ether oxygens (including phenoxy) is 4. The molecule has 3 aliphatic carbocycles. The number of nitrogens with zero attached hydrogens (tertiary/aromatic N) is 3. The lowest BCUT2D eigenvalue weighted by molar-refractivity contribution is -0.344. The molecule has 2 aromatic carbocycles. The predicted molar refractivity (Wildman–Crippen MR) is 204 cm³/mol. The van der Waals surface area contributed by atoms with Gasteiger partial charge in [0.15, 0.2) is 0 Å². The van der Waals surface area contributed by atoms with Gasteiger partial charge in [-0.05, 0) is 80.3 Å². The summed E-state index contributed by atoms with van der Waals surface area (Å²) in [4.78, 5) is 43.4. The second-order valence-electron chi connectivity index (χ2n) is 17.6. The number of aromatic amines is 1. The average molecular weight is 731 g/mol. The molecule has 0 amide bonds. The highest BCUT2D eigenvalue weighted by atomic mass is 16.5. The molecule has 1 spiro atoms. The van der Waals surface area contributed by atoms with Gasteiger partial charge in [-0.25, -0.2) is 0 Å². The van der Waals surface area contributed by atoms with E-state index < -0.39 is 21.7 Å². The van der Waals surface area contributed by atoms with Crippen molar-refractivity contribution >= 4 is 39.8 Å². The average Bonchev–Trinajstić information content (AvgIpc) is 3.72. The molecule has 10 nitrogen and oxygen atoms in total. The van der Waals surface area contributed by atoms with Gasteiger partial charge in [0.25, 0.3) is 0 Å². The van der Waals surface area contributed by atoms with Crippen LogP contribution in [0.15, 0.2) is 47.5 Å². The van der Waals surface area contributed by atoms with Crippen LogP contribution in [0.25, 0.3) is 16.5 Å². The first-order valence-electron chi connectivity index (χ1n) is 20.1. The highest BCUT2D eigenvalue weighted by molar-refractivity contribution is 6.34. The van der Waals surface area contributed by atoms with E-state index in [1.807, 2.05) is 0 Å². The number of H-pyrrole nitrogens is 1. The van der Waals surface area contributed by atoms with Gasteiger partial charge in [0.05, 0.1) is 50.3 Å². The molecule has 0 radical (unpaired) electrons. The summed E-state index contributed by atoms with van der Waals surface area (Å²) in [7, 11) is 6.93. The van der Waals surface area contributed by atoms with Crippen LogP contribution in [0.3, 0.4) is 0 Å². The Balaban J connectivity index is 1.22. The van der Waals surface area contributed by atoms with E-state index in [2.05, 4.69) is 78.2 Å². The second kappa shape index (κ2) is 10.9. The van der Waals surface area contributed by atoms with Gasteiger partial charge in [0.1, 0.15) is 22.8 Å². The monoisotopic (exact) mass is 730 g/mol. The molecule has 8 aliphatic heterocycles. The van der Waals surface area contributed by atoms with Gasteiger partial charge < -0.3 is 23.9 Å². The molecule has 1 aromatic heterocycles. The molecule has 1 unspecified atom stereocenters. The summed E-state index contributed by atoms with van der Waals surface area (Å²) in [5.74, 6) is 1.06. The molecular weight excluding hydrogens is 681 g/mol. The SMILES string of the molecule is CC[C@H]1C[C@H]2CN3CCc4c([nH]c5c(C6=C[C@H]7[C@]8(C(=O)OC)CO[C@@H]9N(C)[C@H]8C[C@]8(C6=Nc6ccccc68)[C@@]97CC)c(OC)ccc45)[C@](C(=O)OC)(C2)[C@H]13. The Morgan fingerprint density at radius 1 is 1.06 bits per heavy atom. The van der Waals surface area contributed by atoms with E-state index in [0.29, 0.717) is 18.4 Å². The van der Waals surface area contributed by atoms with Crippen LogP contribution in [-0.2, 0) is 41.1 Å². The zero-order valence-electron chi connectivity index (χ0n) is 32.2. The van der Waals surface area contributed by atoms with Crippen molar-refractivity contribution in [2.24, 2.45) is 33.6 Å². The number of carbonyl (C=O) groups is 2. The zero-order chi connectivity index (χ0) is 37.1. The number of aliphatic imine (C=N–C) groups is 1. The Labute approximate surface area is 316 Å². The van der Waals surface area contributed by atoms with Crippen molar-refractivity contribution in [2.75, 3.05) is 48.1 Å². The van der Waals surface area contributed by atoms with Crippen LogP contribution < -0.4 is 4.74 Å². The van der Waals surface area contributed by atoms with Crippen molar-refractivity contribution in [3.8, 4) is 5.75 Å². The first kappa shape index (κ1) is 33.4. The molecule has 1 N–H and O–H groups in total. The van der Waals surface area contributed by atoms with Crippen LogP contribution in [0, 0.1) is 28.6 Å². The Bertz CT molecular complexity index is 2240. The Morgan fingerprint density at radius 2 is 1.87 bits per heavy atom. The molecule has 11 aliphatic rings. The summed E-state index contributed by atoms with van der Waals surface area (Å²) in [5.41, 5.74) is 5.70. The fourth-order valence-electron chi connectivity index (χ4n) is 14.7. The van der Waals surface area contributed by atoms with E-state index in [1.165, 1.54) is 18.2 Å². The lowest BCUT2D eigenvalue weighted by atomic mass is 9.33. The van der Waals surface area contributed by atoms with E-state index in [-0.39, 0.29) is 36.2 Å². The lowest BCUT2D eigenvalue weighted by Crippen LogP contribution is -2.86. The number of methoxy groups -OCH3 is 3. The normalized spacial score (nSPS) is 40.4. The maximum Gasteiger partial charge on any atom is 0.319 e. The largest absolute Gasteiger partial charge is 0.496 e. The number of fused-ring (bicyclic) bond motifs is 6. The molecule has 2 saturated carbocycles. The van der Waals surface area contributed by atoms with Gasteiger partial charge in [-0.15, -0.1) is 0 Å². The van der Waals surface area contributed by atoms with Crippen molar-refractivity contribution in [1.29, 1.82) is 0 Å². The minimum Gasteiger partial charge on any atom is -0.496 e. The first-order chi connectivity index (χ1) is 26.2. The molecule has 14 rings (SSSR count). The van der Waals surface area contributed by atoms with E-state index in [9.17, 15) is 9.59 Å². The van der Waals surface area contributed by atoms with E-state index in [4.69, 9.17) is 23.9 Å². The molecule has 9 heterocycles. The summed E-state index contributed by atoms with van der Waals surface area (Å²) in [6, 6.07) is 12.9. The maximum atomic E-state index is 14.4. The molecule has 6 saturated heterocycles. The number of aromatic nitrogens is 1. The molecule has 282 valence electrons. The van der Waals surface area contributed by atoms with Crippen molar-refractivity contribution < 1.29 is 28.5 Å². The van der Waals surface area contributed by atoms with Gasteiger partial charge in [-0.2, -0.15) is 0 Å². The Kier molecular flexibility index (Phi) is 6.71. The number of esters is 2. The minimum atomic E-state index is -0.892. The molecule has 3 aromatic rings. The number of para-hydroxylation sites is 1. The Hall–Kier alpha value is -3.99. The van der Waals surface area contributed by atoms with Gasteiger partial charge >= 0.3 is 11.9 Å². The fraction of sp³-hybridized carbons (Fsp3) is 0.568. The molecular formula is C44H50N4O6. The number of rotatable bonds is 6. The second-order valence-corrected chi connectivity index (χ2v) is 17.6. The van der Waals surface area contributed by atoms with E-state index in [0.717, 1.165) is 96.5 Å². The van der Waals surface area contributed by atoms with E-state index in [1.54, 1.807) is 14.2 Å². The van der Waals surface area contributed by atoms with Crippen LogP contribution in [0.5, 0.6) is 5.75 Å². The van der Waals surface area contributed by atoms with Crippen LogP contribution in [-0.4, -0.2) is 98.8 Å². The van der Waals surface area contributed by atoms with Gasteiger partial charge in [-0.3, -0.25) is 24.4 Å². The van der Waals surface area contributed by atoms with Gasteiger partial charge in [-0.1, -0.05) is 44.5 Å². The summed E-state index contributed by atoms with van der Waals surface area (Å²) in [6.07, 6.45) is 7.53. The molecule has 11 atom stereocenters. The number of nitrogens with one attached hydrogen (secondary N) is 1. The van der Waals surface area contributed by atoms with Crippen LogP contribution in [0.4, 0.5) is 5.69 Å². The molecule has 54 heavy (non-hydrogen) atoms. The summed E-state index contributed by atoms with van der Waals surface area (Å²) in [6.45, 7) is 6.80. The predicted octanol–water partition coefficient (Wildman–Crippen LogP) is 5.93. The third-order valence-corrected chi connectivity index (χ3v) is 16.3. The number of piperidine rings is 4. The quantitative estimate of drug-likeness (QED) is 0.312. The molecule has 10 heteroatoms. The van der Waals surface area contributed by atoms with Gasteiger partial charge in [0.2, 0.25) is 0 Å². The van der Waals surface area contributed by atoms with Crippen LogP contribution in [0.2, 0.25) is 0 Å². The lowest BCUT2D eigenvalue weighted by Gasteiger charge is -2.77. The van der Waals surface area contributed by atoms with Crippen molar-refractivity contribution in [3.63, 3.8) is 0 Å². The van der Waals surface area contributed by atoms with Gasteiger partial charge in [0, 0.05) is 58.7 Å². The minimum absolute atomic E-state index is 0.0808. The zero-order valence-corrected chi connectivity index (χ0v) is 32.2. The number of allylic oxidation sites excluding steroid dienone is 2. The van der Waals surface area contributed by atoms with Crippen LogP contribution >= 0.6 is 0 Å². The fourth-order valence-corrected chi connectivity index (χ4v) is 14.7. The standard InChI is InChI=1S/C44H50N4O6/c1-7-24-17-23-19-41(39(49)52-5)35-26(15-16-48(21-23)37(24)41)25-13-14-30(51-4)33(34(25)46-35)27-18-31-42(40(50)53-6)22-54-38-43(31,8-2)44(20-32(42)47(38)3)28-11-9-10-12-29(28)45-36(27)44/h9-14,18,23-24,31-32,37-38,46H,7-8,15-17,19-22H2,1-6H3/t23-,24+,31+,32+,37+,38+,41-,42-,43-,44+/m1/s1. The Morgan fingerprint density at radius 3 is 2.63 bits per heavy atom. The third-order valence-electron chi connectivity index (χ3n) is 16.3. The topological polar surface area (TPSA) is 106 Å². The smallest absolute Gasteiger partial charge is 0.319 e. The summed E-state index contributed by atoms with van der Waals surface area (Å²) < 4.78 is 24.6. The van der Waals surface area contributed by atoms with Crippen molar-refractivity contribution in [3.05, 3.63) is 64.9 Å². The van der Waals surface area contributed by atoms with Crippen molar-refractivity contribution in [1.82, 2.24) is 14.8 Å². The number of carbonyl (C=O) groups excluding carboxylic acids is 2. The summed E-state index contributed by atoms with van der Waals surface area (Å²) >= 11 is 0. The molecule has 10 bridgehead atoms. The first-order valence-corrected chi connectivity index (χ1v) is 20.1. The molecule has 8 fully saturated rings. The third kappa shape index (κ3) is 3.39. The van der Waals surface area contributed by atoms with Crippen LogP contribution in [0.1, 0.15) is 68.3 Å². The summed E-state index contributed by atoms with van der Waals surface area (Å²) in [5, 5.41) is 1.11. The highest BCUT2D eigenvalue weighted by Crippen LogP contribution is 2.77.